The molecule has 24 heteroatoms. The van der Waals surface area contributed by atoms with Gasteiger partial charge in [-0.05, 0) is 11.8 Å². The van der Waals surface area contributed by atoms with Gasteiger partial charge in [0.15, 0.2) is 52.9 Å². The van der Waals surface area contributed by atoms with Crippen LogP contribution >= 0.6 is 6.72 Å². The molecule has 0 radical (unpaired) electrons. The van der Waals surface area contributed by atoms with Crippen molar-refractivity contribution in [2.75, 3.05) is 24.7 Å². The van der Waals surface area contributed by atoms with Crippen molar-refractivity contribution >= 4 is 52.6 Å². The zero-order chi connectivity index (χ0) is 29.9. The molecular weight excluding hydrogens is 613 g/mol. The van der Waals surface area contributed by atoms with Gasteiger partial charge in [-0.25, -0.2) is 18.7 Å². The Morgan fingerprint density at radius 1 is 1.07 bits per heavy atom. The minimum absolute atomic E-state index is 0.00746. The molecule has 226 valence electrons. The average molecular weight is 634 g/mol. The van der Waals surface area contributed by atoms with Crippen LogP contribution in [0.25, 0.3) is 22.3 Å². The zero-order valence-electron chi connectivity index (χ0n) is 20.8. The Hall–Kier alpha value is -3.41. The minimum atomic E-state index is -4.39. The van der Waals surface area contributed by atoms with E-state index in [4.69, 9.17) is 41.8 Å². The van der Waals surface area contributed by atoms with E-state index in [2.05, 4.69) is 40.6 Å². The molecule has 0 bridgehead atoms. The van der Waals surface area contributed by atoms with Gasteiger partial charge in [-0.2, -0.15) is 14.3 Å². The maximum absolute atomic E-state index is 15.3. The smallest absolute Gasteiger partial charge is 0.325 e. The van der Waals surface area contributed by atoms with Crippen molar-refractivity contribution in [3.05, 3.63) is 16.7 Å². The van der Waals surface area contributed by atoms with Crippen LogP contribution in [0.15, 0.2) is 11.1 Å². The highest BCUT2D eigenvalue weighted by molar-refractivity contribution is 8.07. The maximum Gasteiger partial charge on any atom is 0.325 e. The summed E-state index contributed by atoms with van der Waals surface area (Å²) >= 11 is 5.03. The van der Waals surface area contributed by atoms with Crippen LogP contribution in [0.2, 0.25) is 0 Å². The third-order valence-corrected chi connectivity index (χ3v) is 8.08. The van der Waals surface area contributed by atoms with Crippen molar-refractivity contribution in [2.45, 2.75) is 49.2 Å². The summed E-state index contributed by atoms with van der Waals surface area (Å²) in [5.41, 5.74) is 10.2. The predicted octanol–water partition coefficient (Wildman–Crippen LogP) is -2.64. The molecule has 4 aromatic heterocycles. The van der Waals surface area contributed by atoms with Crippen molar-refractivity contribution in [1.29, 1.82) is 0 Å². The number of fused-ring (bicyclic) bond motifs is 2. The average Bonchev–Trinajstić information content (AvgIpc) is 3.69. The number of ether oxygens (including phenoxy) is 2. The number of nitrogens with zero attached hydrogens (tertiary/aromatic N) is 9. The summed E-state index contributed by atoms with van der Waals surface area (Å²) in [6.07, 6.45) is -12.5. The fraction of sp³-hybridized carbons (Fsp3) is 0.556. The molecule has 2 fully saturated rings. The molecule has 9 atom stereocenters. The fourth-order valence-corrected chi connectivity index (χ4v) is 5.93. The summed E-state index contributed by atoms with van der Waals surface area (Å²) in [7, 11) is 0. The number of rotatable bonds is 8. The number of aromatic nitrogens is 10. The highest BCUT2D eigenvalue weighted by Crippen LogP contribution is 2.50. The molecule has 0 aromatic carbocycles. The SMILES string of the molecule is Nc1nc2c(nnn2[C@@H]2OC(CO)[C@@H](F)[C@H]2OP(O)(=S)OC[C@H]2O[C@@H](n3nnc4c(N)ncnc43)[C@@H](F)[C@@H]2O)c(=O)[nH]1. The first-order valence-electron chi connectivity index (χ1n) is 11.9. The van der Waals surface area contributed by atoms with Gasteiger partial charge < -0.3 is 40.6 Å². The lowest BCUT2D eigenvalue weighted by Gasteiger charge is -2.25. The third-order valence-electron chi connectivity index (χ3n) is 6.52. The summed E-state index contributed by atoms with van der Waals surface area (Å²) in [5.74, 6) is -0.307. The number of aliphatic hydroxyl groups is 2. The number of halogens is 2. The second kappa shape index (κ2) is 10.7. The van der Waals surface area contributed by atoms with Gasteiger partial charge in [-0.3, -0.25) is 14.3 Å². The number of hydrogen-bond donors (Lipinski definition) is 6. The molecule has 6 heterocycles. The van der Waals surface area contributed by atoms with Crippen molar-refractivity contribution in [3.8, 4) is 0 Å². The second-order valence-electron chi connectivity index (χ2n) is 9.15. The Morgan fingerprint density at radius 3 is 2.50 bits per heavy atom. The van der Waals surface area contributed by atoms with Crippen LogP contribution < -0.4 is 17.0 Å². The Labute approximate surface area is 235 Å². The highest BCUT2D eigenvalue weighted by Gasteiger charge is 2.51. The van der Waals surface area contributed by atoms with Gasteiger partial charge >= 0.3 is 6.72 Å². The van der Waals surface area contributed by atoms with E-state index >= 15 is 8.78 Å². The van der Waals surface area contributed by atoms with Crippen molar-refractivity contribution < 1.29 is 42.4 Å². The molecule has 0 aliphatic carbocycles. The molecule has 20 nitrogen and oxygen atoms in total. The van der Waals surface area contributed by atoms with Crippen LogP contribution in [0.4, 0.5) is 20.5 Å². The number of aliphatic hydroxyl groups excluding tert-OH is 2. The van der Waals surface area contributed by atoms with E-state index in [0.717, 1.165) is 15.7 Å². The summed E-state index contributed by atoms with van der Waals surface area (Å²) in [5, 5.41) is 35.0. The number of anilines is 2. The van der Waals surface area contributed by atoms with Gasteiger partial charge in [-0.15, -0.1) is 10.2 Å². The van der Waals surface area contributed by atoms with Crippen LogP contribution in [0.1, 0.15) is 12.5 Å². The summed E-state index contributed by atoms with van der Waals surface area (Å²) in [6.45, 7) is -5.89. The predicted molar refractivity (Wildman–Crippen MR) is 136 cm³/mol. The van der Waals surface area contributed by atoms with Crippen LogP contribution in [0.3, 0.4) is 0 Å². The Kier molecular flexibility index (Phi) is 7.31. The molecule has 2 aliphatic heterocycles. The molecular formula is C18H21F2N12O8PS. The van der Waals surface area contributed by atoms with E-state index in [-0.39, 0.29) is 34.1 Å². The minimum Gasteiger partial charge on any atom is -0.394 e. The van der Waals surface area contributed by atoms with Crippen molar-refractivity contribution in [3.63, 3.8) is 0 Å². The van der Waals surface area contributed by atoms with Crippen molar-refractivity contribution in [2.24, 2.45) is 0 Å². The zero-order valence-corrected chi connectivity index (χ0v) is 22.5. The molecule has 2 aliphatic rings. The summed E-state index contributed by atoms with van der Waals surface area (Å²) in [6, 6.07) is 0. The Balaban J connectivity index is 1.19. The van der Waals surface area contributed by atoms with Gasteiger partial charge in [0.25, 0.3) is 5.56 Å². The summed E-state index contributed by atoms with van der Waals surface area (Å²) in [4.78, 5) is 36.8. The van der Waals surface area contributed by atoms with E-state index in [1.165, 1.54) is 0 Å². The molecule has 42 heavy (non-hydrogen) atoms. The van der Waals surface area contributed by atoms with E-state index in [1.807, 2.05) is 0 Å². The standard InChI is InChI=1S/C18H21F2N12O8PS/c19-6-4(1-33)38-17(32-14-9(28-30-32)15(35)26-18(22)25-14)11(6)40-41(36,42)37-2-5-10(34)7(20)16(39-5)31-13-8(27-29-31)12(21)23-3-24-13/h3-7,10-11,16-17,33-34H,1-2H2,(H,36,42)(H2,21,23,24)(H3,22,25,26,35)/t4?,5-,6-,7+,10-,11-,16-,17-,41?/m1/s1. The Morgan fingerprint density at radius 2 is 1.76 bits per heavy atom. The topological polar surface area (TPSA) is 283 Å². The number of nitrogen functional groups attached to an aromatic ring is 2. The quantitative estimate of drug-likeness (QED) is 0.108. The van der Waals surface area contributed by atoms with Crippen LogP contribution in [0.5, 0.6) is 0 Å². The van der Waals surface area contributed by atoms with Gasteiger partial charge in [0.1, 0.15) is 30.7 Å². The number of nitrogens with two attached hydrogens (primary N) is 2. The number of hydrogen-bond acceptors (Lipinski definition) is 17. The lowest BCUT2D eigenvalue weighted by atomic mass is 10.1. The number of H-pyrrole nitrogens is 1. The van der Waals surface area contributed by atoms with Crippen LogP contribution in [-0.2, 0) is 30.3 Å². The fourth-order valence-electron chi connectivity index (χ4n) is 4.52. The molecule has 2 saturated heterocycles. The van der Waals surface area contributed by atoms with Crippen LogP contribution in [-0.4, -0.2) is 115 Å². The third kappa shape index (κ3) is 4.87. The lowest BCUT2D eigenvalue weighted by molar-refractivity contribution is -0.0611. The second-order valence-corrected chi connectivity index (χ2v) is 11.9. The van der Waals surface area contributed by atoms with Crippen molar-refractivity contribution in [1.82, 2.24) is 49.9 Å². The van der Waals surface area contributed by atoms with Crippen LogP contribution in [0, 0.1) is 0 Å². The normalized spacial score (nSPS) is 31.3. The molecule has 6 rings (SSSR count). The first-order chi connectivity index (χ1) is 20.0. The number of aromatic amines is 1. The van der Waals surface area contributed by atoms with E-state index in [0.29, 0.717) is 0 Å². The summed E-state index contributed by atoms with van der Waals surface area (Å²) < 4.78 is 53.9. The molecule has 0 amide bonds. The molecule has 2 unspecified atom stereocenters. The number of nitrogens with one attached hydrogen (secondary N) is 1. The van der Waals surface area contributed by atoms with Gasteiger partial charge in [0.2, 0.25) is 5.95 Å². The molecule has 0 spiro atoms. The van der Waals surface area contributed by atoms with E-state index < -0.39 is 74.7 Å². The number of alkyl halides is 2. The van der Waals surface area contributed by atoms with E-state index in [9.17, 15) is 19.9 Å². The molecule has 0 saturated carbocycles. The highest BCUT2D eigenvalue weighted by atomic mass is 32.5. The first-order valence-corrected chi connectivity index (χ1v) is 14.5. The monoisotopic (exact) mass is 634 g/mol. The molecule has 4 aromatic rings. The largest absolute Gasteiger partial charge is 0.394 e. The lowest BCUT2D eigenvalue weighted by Crippen LogP contribution is -2.33. The molecule has 8 N–H and O–H groups in total. The van der Waals surface area contributed by atoms with Gasteiger partial charge in [0, 0.05) is 0 Å². The Bertz CT molecular complexity index is 1740. The maximum atomic E-state index is 15.3. The van der Waals surface area contributed by atoms with Gasteiger partial charge in [0.05, 0.1) is 13.2 Å². The van der Waals surface area contributed by atoms with Gasteiger partial charge in [-0.1, -0.05) is 10.4 Å². The van der Waals surface area contributed by atoms with E-state index in [1.54, 1.807) is 0 Å². The first kappa shape index (κ1) is 28.7.